The van der Waals surface area contributed by atoms with E-state index in [2.05, 4.69) is 13.8 Å². The van der Waals surface area contributed by atoms with E-state index >= 15 is 0 Å². The van der Waals surface area contributed by atoms with Crippen molar-refractivity contribution in [3.05, 3.63) is 0 Å². The molecule has 3 heteroatoms. The van der Waals surface area contributed by atoms with Crippen molar-refractivity contribution < 1.29 is 14.2 Å². The van der Waals surface area contributed by atoms with Crippen LogP contribution < -0.4 is 0 Å². The fourth-order valence-electron chi connectivity index (χ4n) is 3.71. The Morgan fingerprint density at radius 2 is 2.07 bits per heavy atom. The van der Waals surface area contributed by atoms with Crippen LogP contribution in [0, 0.1) is 17.3 Å². The van der Waals surface area contributed by atoms with Gasteiger partial charge in [0, 0.05) is 26.1 Å². The molecule has 3 fully saturated rings. The summed E-state index contributed by atoms with van der Waals surface area (Å²) in [5.41, 5.74) is -1.24. The molecule has 88 valence electrons. The quantitative estimate of drug-likeness (QED) is 0.783. The summed E-state index contributed by atoms with van der Waals surface area (Å²) in [7, 11) is 1.58. The van der Waals surface area contributed by atoms with Crippen LogP contribution in [-0.2, 0) is 4.74 Å². The van der Waals surface area contributed by atoms with Crippen LogP contribution in [0.2, 0.25) is 0 Å². The summed E-state index contributed by atoms with van der Waals surface area (Å²) in [4.78, 5) is 0. The lowest BCUT2D eigenvalue weighted by Crippen LogP contribution is -2.66. The maximum atomic E-state index is 14.9. The molecule has 3 rings (SSSR count). The fourth-order valence-corrected chi connectivity index (χ4v) is 3.71. The largest absolute Gasteiger partial charge is 0.396 e. The Hall–Kier alpha value is -0.150. The van der Waals surface area contributed by atoms with Crippen molar-refractivity contribution in [3.8, 4) is 0 Å². The molecule has 0 spiro atoms. The molecule has 3 aliphatic carbocycles. The van der Waals surface area contributed by atoms with Crippen LogP contribution in [0.25, 0.3) is 0 Å². The number of fused-ring (bicyclic) bond motifs is 2. The molecule has 0 aromatic heterocycles. The second-order valence-corrected chi connectivity index (χ2v) is 5.67. The zero-order chi connectivity index (χ0) is 11.3. The van der Waals surface area contributed by atoms with Gasteiger partial charge in [-0.25, -0.2) is 4.39 Å². The summed E-state index contributed by atoms with van der Waals surface area (Å²) in [5, 5.41) is 9.01. The van der Waals surface area contributed by atoms with Crippen molar-refractivity contribution in [2.45, 2.75) is 44.9 Å². The van der Waals surface area contributed by atoms with Gasteiger partial charge in [0.2, 0.25) is 0 Å². The van der Waals surface area contributed by atoms with Gasteiger partial charge in [0.05, 0.1) is 6.10 Å². The second kappa shape index (κ2) is 3.42. The highest BCUT2D eigenvalue weighted by atomic mass is 19.1. The van der Waals surface area contributed by atoms with E-state index in [0.29, 0.717) is 5.92 Å². The lowest BCUT2D eigenvalue weighted by molar-refractivity contribution is -0.232. The highest BCUT2D eigenvalue weighted by Crippen LogP contribution is 2.65. The monoisotopic (exact) mass is 216 g/mol. The lowest BCUT2D eigenvalue weighted by atomic mass is 9.43. The third kappa shape index (κ3) is 1.36. The number of hydrogen-bond acceptors (Lipinski definition) is 2. The Balaban J connectivity index is 2.23. The molecule has 2 bridgehead atoms. The first-order chi connectivity index (χ1) is 6.96. The van der Waals surface area contributed by atoms with Crippen LogP contribution in [0.1, 0.15) is 33.1 Å². The molecular weight excluding hydrogens is 195 g/mol. The fraction of sp³-hybridized carbons (Fsp3) is 1.00. The first-order valence-corrected chi connectivity index (χ1v) is 5.79. The summed E-state index contributed by atoms with van der Waals surface area (Å²) >= 11 is 0. The Morgan fingerprint density at radius 3 is 2.53 bits per heavy atom. The van der Waals surface area contributed by atoms with Crippen LogP contribution in [0.5, 0.6) is 0 Å². The zero-order valence-electron chi connectivity index (χ0n) is 9.79. The van der Waals surface area contributed by atoms with Crippen LogP contribution in [0.3, 0.4) is 0 Å². The van der Waals surface area contributed by atoms with Gasteiger partial charge in [-0.3, -0.25) is 0 Å². The van der Waals surface area contributed by atoms with Crippen molar-refractivity contribution >= 4 is 0 Å². The lowest BCUT2D eigenvalue weighted by Gasteiger charge is -2.64. The summed E-state index contributed by atoms with van der Waals surface area (Å²) in [6.45, 7) is 4.19. The molecule has 0 radical (unpaired) electrons. The van der Waals surface area contributed by atoms with Crippen molar-refractivity contribution in [1.29, 1.82) is 0 Å². The summed E-state index contributed by atoms with van der Waals surface area (Å²) in [6, 6.07) is 0. The average molecular weight is 216 g/mol. The number of aliphatic hydroxyl groups excluding tert-OH is 1. The van der Waals surface area contributed by atoms with Crippen LogP contribution in [-0.4, -0.2) is 30.6 Å². The molecule has 0 aliphatic heterocycles. The van der Waals surface area contributed by atoms with Gasteiger partial charge in [-0.2, -0.15) is 0 Å². The van der Waals surface area contributed by atoms with E-state index < -0.39 is 5.67 Å². The van der Waals surface area contributed by atoms with Gasteiger partial charge in [-0.05, 0) is 24.2 Å². The van der Waals surface area contributed by atoms with Crippen LogP contribution in [0.15, 0.2) is 0 Å². The molecule has 15 heavy (non-hydrogen) atoms. The maximum Gasteiger partial charge on any atom is 0.142 e. The van der Waals surface area contributed by atoms with E-state index in [1.165, 1.54) is 0 Å². The molecule has 0 amide bonds. The minimum atomic E-state index is -1.32. The minimum Gasteiger partial charge on any atom is -0.396 e. The van der Waals surface area contributed by atoms with E-state index in [1.807, 2.05) is 0 Å². The second-order valence-electron chi connectivity index (χ2n) is 5.67. The molecule has 3 saturated carbocycles. The van der Waals surface area contributed by atoms with E-state index in [9.17, 15) is 4.39 Å². The van der Waals surface area contributed by atoms with E-state index in [0.717, 1.165) is 12.8 Å². The number of methoxy groups -OCH3 is 1. The van der Waals surface area contributed by atoms with Gasteiger partial charge in [0.1, 0.15) is 5.67 Å². The minimum absolute atomic E-state index is 0.0563. The Kier molecular flexibility index (Phi) is 2.59. The molecule has 0 aromatic carbocycles. The molecule has 0 aromatic rings. The molecule has 0 saturated heterocycles. The number of ether oxygens (including phenoxy) is 1. The zero-order valence-corrected chi connectivity index (χ0v) is 9.79. The average Bonchev–Trinajstić information content (AvgIpc) is 2.17. The van der Waals surface area contributed by atoms with Crippen LogP contribution >= 0.6 is 0 Å². The number of aliphatic hydroxyl groups is 1. The Labute approximate surface area is 90.8 Å². The predicted molar refractivity (Wildman–Crippen MR) is 56.3 cm³/mol. The smallest absolute Gasteiger partial charge is 0.142 e. The predicted octanol–water partition coefficient (Wildman–Crippen LogP) is 2.16. The van der Waals surface area contributed by atoms with Crippen molar-refractivity contribution in [1.82, 2.24) is 0 Å². The van der Waals surface area contributed by atoms with E-state index in [-0.39, 0.29) is 30.5 Å². The Bertz CT molecular complexity index is 254. The molecule has 2 nitrogen and oxygen atoms in total. The van der Waals surface area contributed by atoms with Crippen molar-refractivity contribution in [2.75, 3.05) is 13.7 Å². The first kappa shape index (κ1) is 11.3. The number of halogens is 1. The first-order valence-electron chi connectivity index (χ1n) is 5.79. The highest BCUT2D eigenvalue weighted by molar-refractivity contribution is 5.14. The van der Waals surface area contributed by atoms with E-state index in [4.69, 9.17) is 9.84 Å². The topological polar surface area (TPSA) is 29.5 Å². The standard InChI is InChI=1S/C12H21FO2/c1-11(2)8-6-9(11)12(13,4-5-14)10(7-8)15-3/h8-10,14H,4-7H2,1-3H3/t8-,9-,10+,12+/m1/s1. The molecule has 0 unspecified atom stereocenters. The maximum absolute atomic E-state index is 14.9. The SMILES string of the molecule is CO[C@H]1C[C@H]2C[C@H](C2(C)C)[C@@]1(F)CCO. The Morgan fingerprint density at radius 1 is 1.40 bits per heavy atom. The molecule has 0 heterocycles. The van der Waals surface area contributed by atoms with Crippen molar-refractivity contribution in [3.63, 3.8) is 0 Å². The number of rotatable bonds is 3. The van der Waals surface area contributed by atoms with Gasteiger partial charge < -0.3 is 9.84 Å². The van der Waals surface area contributed by atoms with Crippen LogP contribution in [0.4, 0.5) is 4.39 Å². The van der Waals surface area contributed by atoms with Gasteiger partial charge in [-0.1, -0.05) is 13.8 Å². The highest BCUT2D eigenvalue weighted by Gasteiger charge is 2.65. The van der Waals surface area contributed by atoms with E-state index in [1.54, 1.807) is 7.11 Å². The van der Waals surface area contributed by atoms with Gasteiger partial charge in [-0.15, -0.1) is 0 Å². The third-order valence-corrected chi connectivity index (χ3v) is 4.86. The molecule has 1 N–H and O–H groups in total. The summed E-state index contributed by atoms with van der Waals surface area (Å²) in [5.74, 6) is 0.649. The molecule has 3 aliphatic rings. The third-order valence-electron chi connectivity index (χ3n) is 4.86. The van der Waals surface area contributed by atoms with Crippen molar-refractivity contribution in [2.24, 2.45) is 17.3 Å². The molecule has 4 atom stereocenters. The van der Waals surface area contributed by atoms with Gasteiger partial charge in [0.25, 0.3) is 0 Å². The normalized spacial score (nSPS) is 47.4. The summed E-state index contributed by atoms with van der Waals surface area (Å²) < 4.78 is 20.1. The summed E-state index contributed by atoms with van der Waals surface area (Å²) in [6.07, 6.45) is 1.66. The number of alkyl halides is 1. The number of hydrogen-bond donors (Lipinski definition) is 1. The van der Waals surface area contributed by atoms with Gasteiger partial charge in [0.15, 0.2) is 0 Å². The molecular formula is C12H21FO2. The van der Waals surface area contributed by atoms with Gasteiger partial charge >= 0.3 is 0 Å².